The Hall–Kier alpha value is -5.84. The lowest BCUT2D eigenvalue weighted by atomic mass is 9.70. The Bertz CT molecular complexity index is 2020. The molecule has 3 N–H and O–H groups in total. The number of aromatic nitrogens is 3. The van der Waals surface area contributed by atoms with Crippen molar-refractivity contribution in [1.29, 1.82) is 0 Å². The number of ketones is 4. The first kappa shape index (κ1) is 30.2. The third-order valence-electron chi connectivity index (χ3n) is 8.50. The standard InChI is InChI=1S/C35H30N4O7/c1-18-31(43)29(20(3)40)33-30(32(18)44)35(4)27(46-33)14-25(41)28(34(35)45)19(2)36-15-24-16-39(38-37-24)17-26(42)23-12-10-22(11-13-23)21-8-6-5-7-9-21/h5-14,16,36,43-44H,15,17H2,1-4H3/b28-19+. The van der Waals surface area contributed by atoms with E-state index in [1.165, 1.54) is 25.5 Å². The molecule has 3 aromatic carbocycles. The Morgan fingerprint density at radius 1 is 0.978 bits per heavy atom. The molecule has 11 nitrogen and oxygen atoms in total. The van der Waals surface area contributed by atoms with Gasteiger partial charge in [-0.2, -0.15) is 0 Å². The van der Waals surface area contributed by atoms with Crippen molar-refractivity contribution in [1.82, 2.24) is 20.3 Å². The van der Waals surface area contributed by atoms with Crippen molar-refractivity contribution in [2.45, 2.75) is 46.2 Å². The van der Waals surface area contributed by atoms with Crippen molar-refractivity contribution in [3.05, 3.63) is 112 Å². The van der Waals surface area contributed by atoms with Crippen LogP contribution in [0.1, 0.15) is 58.3 Å². The van der Waals surface area contributed by atoms with Crippen LogP contribution in [0.5, 0.6) is 17.2 Å². The van der Waals surface area contributed by atoms with Crippen LogP contribution in [0.15, 0.2) is 83.9 Å². The van der Waals surface area contributed by atoms with Gasteiger partial charge >= 0.3 is 0 Å². The maximum atomic E-state index is 14.0. The summed E-state index contributed by atoms with van der Waals surface area (Å²) in [6.07, 6.45) is 2.76. The molecular formula is C35H30N4O7. The number of Topliss-reactive ketones (excluding diaryl/α,β-unsaturated/α-hetero) is 3. The van der Waals surface area contributed by atoms with Crippen molar-refractivity contribution in [2.24, 2.45) is 0 Å². The molecule has 1 aromatic heterocycles. The zero-order chi connectivity index (χ0) is 32.9. The predicted molar refractivity (Wildman–Crippen MR) is 166 cm³/mol. The lowest BCUT2D eigenvalue weighted by molar-refractivity contribution is -0.123. The van der Waals surface area contributed by atoms with Crippen LogP contribution in [0.3, 0.4) is 0 Å². The van der Waals surface area contributed by atoms with Gasteiger partial charge in [0, 0.05) is 22.9 Å². The molecule has 2 aliphatic rings. The number of nitrogens with one attached hydrogen (secondary N) is 1. The highest BCUT2D eigenvalue weighted by molar-refractivity contribution is 6.31. The van der Waals surface area contributed by atoms with Crippen LogP contribution in [-0.4, -0.2) is 48.3 Å². The number of phenols is 2. The van der Waals surface area contributed by atoms with E-state index in [-0.39, 0.29) is 58.3 Å². The Labute approximate surface area is 263 Å². The molecule has 0 saturated heterocycles. The summed E-state index contributed by atoms with van der Waals surface area (Å²) in [5, 5.41) is 32.7. The summed E-state index contributed by atoms with van der Waals surface area (Å²) >= 11 is 0. The number of phenolic OH excluding ortho intramolecular Hbond substituents is 2. The van der Waals surface area contributed by atoms with Crippen molar-refractivity contribution in [3.63, 3.8) is 0 Å². The lowest BCUT2D eigenvalue weighted by Crippen LogP contribution is -2.41. The van der Waals surface area contributed by atoms with Crippen LogP contribution < -0.4 is 10.1 Å². The monoisotopic (exact) mass is 618 g/mol. The van der Waals surface area contributed by atoms with Gasteiger partial charge < -0.3 is 20.3 Å². The Balaban J connectivity index is 1.19. The van der Waals surface area contributed by atoms with Crippen molar-refractivity contribution in [2.75, 3.05) is 0 Å². The molecule has 1 unspecified atom stereocenters. The highest BCUT2D eigenvalue weighted by Gasteiger charge is 2.56. The van der Waals surface area contributed by atoms with Gasteiger partial charge in [0.2, 0.25) is 0 Å². The molecule has 1 atom stereocenters. The van der Waals surface area contributed by atoms with Gasteiger partial charge in [0.05, 0.1) is 23.9 Å². The summed E-state index contributed by atoms with van der Waals surface area (Å²) in [6.45, 7) is 5.80. The number of fused-ring (bicyclic) bond motifs is 3. The number of nitrogens with zero attached hydrogens (tertiary/aromatic N) is 3. The maximum Gasteiger partial charge on any atom is 0.194 e. The van der Waals surface area contributed by atoms with Crippen molar-refractivity contribution >= 4 is 23.1 Å². The minimum Gasteiger partial charge on any atom is -0.507 e. The highest BCUT2D eigenvalue weighted by atomic mass is 16.5. The summed E-state index contributed by atoms with van der Waals surface area (Å²) in [4.78, 5) is 52.4. The molecular weight excluding hydrogens is 588 g/mol. The third kappa shape index (κ3) is 4.86. The summed E-state index contributed by atoms with van der Waals surface area (Å²) in [6, 6.07) is 17.2. The first-order valence-electron chi connectivity index (χ1n) is 14.5. The van der Waals surface area contributed by atoms with E-state index in [4.69, 9.17) is 4.74 Å². The molecule has 0 fully saturated rings. The van der Waals surface area contributed by atoms with E-state index < -0.39 is 34.3 Å². The quantitative estimate of drug-likeness (QED) is 0.146. The number of carbonyl (C=O) groups excluding carboxylic acids is 4. The molecule has 11 heteroatoms. The fraction of sp³-hybridized carbons (Fsp3) is 0.200. The number of hydrogen-bond acceptors (Lipinski definition) is 10. The van der Waals surface area contributed by atoms with Crippen LogP contribution in [-0.2, 0) is 28.1 Å². The van der Waals surface area contributed by atoms with E-state index in [0.717, 1.165) is 17.2 Å². The summed E-state index contributed by atoms with van der Waals surface area (Å²) in [5.74, 6) is -2.96. The van der Waals surface area contributed by atoms with Crippen LogP contribution in [0.4, 0.5) is 0 Å². The van der Waals surface area contributed by atoms with Crippen LogP contribution in [0.25, 0.3) is 11.1 Å². The Morgan fingerprint density at radius 3 is 2.33 bits per heavy atom. The number of ether oxygens (including phenoxy) is 1. The number of benzene rings is 3. The summed E-state index contributed by atoms with van der Waals surface area (Å²) in [5.41, 5.74) is 1.41. The molecule has 0 saturated carbocycles. The van der Waals surface area contributed by atoms with Gasteiger partial charge in [0.25, 0.3) is 0 Å². The first-order valence-corrected chi connectivity index (χ1v) is 14.5. The minimum atomic E-state index is -1.61. The van der Waals surface area contributed by atoms with Crippen molar-refractivity contribution < 1.29 is 34.1 Å². The Morgan fingerprint density at radius 2 is 1.65 bits per heavy atom. The van der Waals surface area contributed by atoms with E-state index in [1.54, 1.807) is 25.3 Å². The SMILES string of the molecule is CC(=O)c1c(O)c(C)c(O)c2c1OC1=CC(=O)/C(=C(/C)NCc3cn(CC(=O)c4ccc(-c5ccccc5)cc4)nn3)C(=O)C12C. The fourth-order valence-electron chi connectivity index (χ4n) is 5.89. The van der Waals surface area contributed by atoms with E-state index in [1.807, 2.05) is 42.5 Å². The van der Waals surface area contributed by atoms with Gasteiger partial charge in [-0.15, -0.1) is 5.10 Å². The topological polar surface area (TPSA) is 161 Å². The normalized spacial score (nSPS) is 18.0. The second-order valence-corrected chi connectivity index (χ2v) is 11.5. The van der Waals surface area contributed by atoms with Gasteiger partial charge in [-0.05, 0) is 38.8 Å². The molecule has 0 radical (unpaired) electrons. The van der Waals surface area contributed by atoms with Crippen LogP contribution in [0.2, 0.25) is 0 Å². The number of allylic oxidation sites excluding steroid dienone is 4. The molecule has 0 spiro atoms. The van der Waals surface area contributed by atoms with E-state index in [0.29, 0.717) is 11.3 Å². The predicted octanol–water partition coefficient (Wildman–Crippen LogP) is 4.50. The fourth-order valence-corrected chi connectivity index (χ4v) is 5.89. The number of aromatic hydroxyl groups is 2. The number of carbonyl (C=O) groups is 4. The Kier molecular flexibility index (Phi) is 7.39. The second-order valence-electron chi connectivity index (χ2n) is 11.5. The lowest BCUT2D eigenvalue weighted by Gasteiger charge is -2.29. The maximum absolute atomic E-state index is 14.0. The molecule has 1 aliphatic carbocycles. The van der Waals surface area contributed by atoms with Crippen LogP contribution >= 0.6 is 0 Å². The number of rotatable bonds is 8. The molecule has 4 aromatic rings. The van der Waals surface area contributed by atoms with E-state index in [9.17, 15) is 29.4 Å². The van der Waals surface area contributed by atoms with Gasteiger partial charge in [0.1, 0.15) is 46.2 Å². The third-order valence-corrected chi connectivity index (χ3v) is 8.50. The van der Waals surface area contributed by atoms with Crippen LogP contribution in [0, 0.1) is 6.92 Å². The molecule has 0 amide bonds. The van der Waals surface area contributed by atoms with Crippen molar-refractivity contribution in [3.8, 4) is 28.4 Å². The van der Waals surface area contributed by atoms with E-state index in [2.05, 4.69) is 15.6 Å². The average Bonchev–Trinajstić information content (AvgIpc) is 3.61. The van der Waals surface area contributed by atoms with Gasteiger partial charge in [-0.1, -0.05) is 59.8 Å². The molecule has 0 bridgehead atoms. The smallest absolute Gasteiger partial charge is 0.194 e. The van der Waals surface area contributed by atoms with Gasteiger partial charge in [-0.25, -0.2) is 4.68 Å². The molecule has 1 aliphatic heterocycles. The summed E-state index contributed by atoms with van der Waals surface area (Å²) < 4.78 is 7.22. The minimum absolute atomic E-state index is 0.0179. The summed E-state index contributed by atoms with van der Waals surface area (Å²) in [7, 11) is 0. The number of hydrogen-bond donors (Lipinski definition) is 3. The second kappa shape index (κ2) is 11.3. The van der Waals surface area contributed by atoms with E-state index >= 15 is 0 Å². The first-order chi connectivity index (χ1) is 21.9. The van der Waals surface area contributed by atoms with Gasteiger partial charge in [0.15, 0.2) is 23.1 Å². The highest BCUT2D eigenvalue weighted by Crippen LogP contribution is 2.57. The largest absolute Gasteiger partial charge is 0.507 e. The van der Waals surface area contributed by atoms with Gasteiger partial charge in [-0.3, -0.25) is 19.2 Å². The zero-order valence-corrected chi connectivity index (χ0v) is 25.5. The molecule has 46 heavy (non-hydrogen) atoms. The zero-order valence-electron chi connectivity index (χ0n) is 25.5. The molecule has 6 rings (SSSR count). The molecule has 2 heterocycles. The average molecular weight is 619 g/mol. The molecule has 232 valence electrons.